The summed E-state index contributed by atoms with van der Waals surface area (Å²) < 4.78 is 6.05. The Labute approximate surface area is 138 Å². The second kappa shape index (κ2) is 8.24. The third-order valence-electron chi connectivity index (χ3n) is 4.20. The molecule has 1 aliphatic heterocycles. The molecule has 0 bridgehead atoms. The molecule has 1 fully saturated rings. The second-order valence-corrected chi connectivity index (χ2v) is 6.35. The van der Waals surface area contributed by atoms with E-state index in [-0.39, 0.29) is 6.10 Å². The fourth-order valence-electron chi connectivity index (χ4n) is 3.14. The minimum Gasteiger partial charge on any atom is -0.376 e. The summed E-state index contributed by atoms with van der Waals surface area (Å²) in [5, 5.41) is 7.02. The molecule has 5 heteroatoms. The quantitative estimate of drug-likeness (QED) is 0.887. The molecule has 0 radical (unpaired) electrons. The van der Waals surface area contributed by atoms with Gasteiger partial charge in [0.1, 0.15) is 0 Å². The summed E-state index contributed by atoms with van der Waals surface area (Å²) in [5.74, 6) is 0. The third kappa shape index (κ3) is 5.16. The molecule has 0 spiro atoms. The van der Waals surface area contributed by atoms with Crippen molar-refractivity contribution in [2.45, 2.75) is 25.6 Å². The lowest BCUT2D eigenvalue weighted by molar-refractivity contribution is 0.0296. The number of benzene rings is 1. The van der Waals surface area contributed by atoms with Gasteiger partial charge in [-0.15, -0.1) is 0 Å². The second-order valence-electron chi connectivity index (χ2n) is 6.35. The van der Waals surface area contributed by atoms with E-state index in [1.807, 2.05) is 6.07 Å². The number of nitrogens with one attached hydrogen (secondary N) is 1. The molecule has 124 valence electrons. The summed E-state index contributed by atoms with van der Waals surface area (Å²) in [6.07, 6.45) is 3.16. The molecule has 23 heavy (non-hydrogen) atoms. The van der Waals surface area contributed by atoms with Crippen molar-refractivity contribution in [2.75, 3.05) is 33.3 Å². The van der Waals surface area contributed by atoms with Gasteiger partial charge in [-0.2, -0.15) is 5.10 Å². The molecule has 1 aliphatic rings. The Morgan fingerprint density at radius 1 is 1.30 bits per heavy atom. The highest BCUT2D eigenvalue weighted by Crippen LogP contribution is 2.12. The fourth-order valence-corrected chi connectivity index (χ4v) is 3.14. The Bertz CT molecular complexity index is 558. The molecule has 1 saturated heterocycles. The highest BCUT2D eigenvalue weighted by molar-refractivity contribution is 5.14. The van der Waals surface area contributed by atoms with Crippen LogP contribution in [0.3, 0.4) is 0 Å². The van der Waals surface area contributed by atoms with Crippen LogP contribution in [0.5, 0.6) is 0 Å². The van der Waals surface area contributed by atoms with Crippen molar-refractivity contribution in [3.05, 3.63) is 53.9 Å². The van der Waals surface area contributed by atoms with Gasteiger partial charge < -0.3 is 4.74 Å². The van der Waals surface area contributed by atoms with Gasteiger partial charge in [0.2, 0.25) is 0 Å². The zero-order valence-corrected chi connectivity index (χ0v) is 13.8. The molecule has 1 aromatic carbocycles. The summed E-state index contributed by atoms with van der Waals surface area (Å²) in [6.45, 7) is 5.76. The number of nitrogens with zero attached hydrogens (tertiary/aromatic N) is 3. The van der Waals surface area contributed by atoms with Gasteiger partial charge in [-0.25, -0.2) is 0 Å². The van der Waals surface area contributed by atoms with E-state index in [0.29, 0.717) is 0 Å². The van der Waals surface area contributed by atoms with Crippen LogP contribution in [-0.4, -0.2) is 59.4 Å². The summed E-state index contributed by atoms with van der Waals surface area (Å²) >= 11 is 0. The highest BCUT2D eigenvalue weighted by atomic mass is 16.5. The van der Waals surface area contributed by atoms with Crippen LogP contribution in [0.25, 0.3) is 0 Å². The van der Waals surface area contributed by atoms with Gasteiger partial charge in [0, 0.05) is 51.2 Å². The zero-order chi connectivity index (χ0) is 15.9. The molecule has 3 rings (SSSR count). The molecular weight excluding hydrogens is 288 g/mol. The number of aromatic nitrogens is 2. The van der Waals surface area contributed by atoms with Crippen LogP contribution in [-0.2, 0) is 17.8 Å². The van der Waals surface area contributed by atoms with E-state index in [1.165, 1.54) is 5.56 Å². The lowest BCUT2D eigenvalue weighted by Gasteiger charge is -2.27. The SMILES string of the molecule is CN(Cc1ccn[nH]1)CC1CN(Cc2ccccc2)CCCO1. The number of ether oxygens (including phenoxy) is 1. The molecule has 0 saturated carbocycles. The van der Waals surface area contributed by atoms with Crippen LogP contribution in [0.15, 0.2) is 42.6 Å². The van der Waals surface area contributed by atoms with Gasteiger partial charge in [0.15, 0.2) is 0 Å². The van der Waals surface area contributed by atoms with Gasteiger partial charge in [-0.05, 0) is 25.1 Å². The Morgan fingerprint density at radius 3 is 2.96 bits per heavy atom. The number of hydrogen-bond donors (Lipinski definition) is 1. The number of likely N-dealkylation sites (N-methyl/N-ethyl adjacent to an activating group) is 1. The Balaban J connectivity index is 1.52. The predicted octanol–water partition coefficient (Wildman–Crippen LogP) is 2.13. The Hall–Kier alpha value is -1.69. The van der Waals surface area contributed by atoms with Crippen molar-refractivity contribution < 1.29 is 4.74 Å². The Kier molecular flexibility index (Phi) is 5.80. The first-order valence-electron chi connectivity index (χ1n) is 8.34. The number of aromatic amines is 1. The van der Waals surface area contributed by atoms with Crippen LogP contribution in [0, 0.1) is 0 Å². The third-order valence-corrected chi connectivity index (χ3v) is 4.20. The van der Waals surface area contributed by atoms with E-state index >= 15 is 0 Å². The first-order chi connectivity index (χ1) is 11.3. The maximum absolute atomic E-state index is 6.05. The van der Waals surface area contributed by atoms with Crippen molar-refractivity contribution in [3.63, 3.8) is 0 Å². The molecule has 1 aromatic heterocycles. The molecule has 1 unspecified atom stereocenters. The normalized spacial score (nSPS) is 19.8. The van der Waals surface area contributed by atoms with Gasteiger partial charge in [-0.3, -0.25) is 14.9 Å². The summed E-state index contributed by atoms with van der Waals surface area (Å²) in [5.41, 5.74) is 2.52. The first kappa shape index (κ1) is 16.2. The molecule has 1 atom stereocenters. The molecule has 0 aliphatic carbocycles. The van der Waals surface area contributed by atoms with Gasteiger partial charge in [-0.1, -0.05) is 30.3 Å². The van der Waals surface area contributed by atoms with Crippen LogP contribution < -0.4 is 0 Å². The molecule has 2 heterocycles. The summed E-state index contributed by atoms with van der Waals surface area (Å²) in [7, 11) is 2.14. The fraction of sp³-hybridized carbons (Fsp3) is 0.500. The smallest absolute Gasteiger partial charge is 0.0828 e. The number of hydrogen-bond acceptors (Lipinski definition) is 4. The van der Waals surface area contributed by atoms with Crippen molar-refractivity contribution in [3.8, 4) is 0 Å². The van der Waals surface area contributed by atoms with Crippen molar-refractivity contribution in [1.29, 1.82) is 0 Å². The minimum atomic E-state index is 0.258. The number of H-pyrrole nitrogens is 1. The van der Waals surface area contributed by atoms with Crippen LogP contribution in [0.1, 0.15) is 17.7 Å². The van der Waals surface area contributed by atoms with E-state index in [9.17, 15) is 0 Å². The predicted molar refractivity (Wildman–Crippen MR) is 91.0 cm³/mol. The standard InChI is InChI=1S/C18H26N4O/c1-21(13-17-8-9-19-20-17)14-18-15-22(10-5-11-23-18)12-16-6-3-2-4-7-16/h2-4,6-9,18H,5,10-15H2,1H3,(H,19,20). The highest BCUT2D eigenvalue weighted by Gasteiger charge is 2.20. The van der Waals surface area contributed by atoms with Gasteiger partial charge >= 0.3 is 0 Å². The molecular formula is C18H26N4O. The Morgan fingerprint density at radius 2 is 2.17 bits per heavy atom. The zero-order valence-electron chi connectivity index (χ0n) is 13.8. The molecule has 5 nitrogen and oxygen atoms in total. The van der Waals surface area contributed by atoms with Crippen molar-refractivity contribution in [2.24, 2.45) is 0 Å². The monoisotopic (exact) mass is 314 g/mol. The number of rotatable bonds is 6. The topological polar surface area (TPSA) is 44.4 Å². The lowest BCUT2D eigenvalue weighted by Crippen LogP contribution is -2.38. The summed E-state index contributed by atoms with van der Waals surface area (Å²) in [4.78, 5) is 4.81. The maximum atomic E-state index is 6.05. The lowest BCUT2D eigenvalue weighted by atomic mass is 10.2. The van der Waals surface area contributed by atoms with E-state index in [0.717, 1.165) is 51.4 Å². The summed E-state index contributed by atoms with van der Waals surface area (Å²) in [6, 6.07) is 12.7. The first-order valence-corrected chi connectivity index (χ1v) is 8.34. The van der Waals surface area contributed by atoms with E-state index in [1.54, 1.807) is 6.20 Å². The van der Waals surface area contributed by atoms with Crippen molar-refractivity contribution in [1.82, 2.24) is 20.0 Å². The van der Waals surface area contributed by atoms with E-state index < -0.39 is 0 Å². The molecule has 0 amide bonds. The van der Waals surface area contributed by atoms with Crippen molar-refractivity contribution >= 4 is 0 Å². The molecule has 1 N–H and O–H groups in total. The maximum Gasteiger partial charge on any atom is 0.0828 e. The average molecular weight is 314 g/mol. The minimum absolute atomic E-state index is 0.258. The molecule has 2 aromatic rings. The largest absolute Gasteiger partial charge is 0.376 e. The van der Waals surface area contributed by atoms with Crippen LogP contribution in [0.2, 0.25) is 0 Å². The van der Waals surface area contributed by atoms with Gasteiger partial charge in [0.05, 0.1) is 6.10 Å². The van der Waals surface area contributed by atoms with E-state index in [4.69, 9.17) is 4.74 Å². The van der Waals surface area contributed by atoms with Crippen LogP contribution in [0.4, 0.5) is 0 Å². The van der Waals surface area contributed by atoms with E-state index in [2.05, 4.69) is 57.4 Å². The van der Waals surface area contributed by atoms with Crippen LogP contribution >= 0.6 is 0 Å². The average Bonchev–Trinajstić information content (AvgIpc) is 2.95. The van der Waals surface area contributed by atoms with Gasteiger partial charge in [0.25, 0.3) is 0 Å².